The summed E-state index contributed by atoms with van der Waals surface area (Å²) in [7, 11) is 3.55. The standard InChI is InChI=1S/C27H33N3O3S/c1-29-16-6-11-24(29)26(27(32)28-21-8-4-3-5-9-21)30(25(31)18-23-10-7-17-34-23)19-20-12-14-22(33-2)15-13-20/h6-7,10-17,21,26H,3-5,8-9,18-19H2,1-2H3,(H,28,32)/t26-/m1/s1. The fourth-order valence-corrected chi connectivity index (χ4v) is 5.33. The topological polar surface area (TPSA) is 63.6 Å². The Morgan fingerprint density at radius 1 is 1.12 bits per heavy atom. The van der Waals surface area contributed by atoms with Crippen LogP contribution in [0.3, 0.4) is 0 Å². The monoisotopic (exact) mass is 479 g/mol. The Morgan fingerprint density at radius 3 is 2.50 bits per heavy atom. The van der Waals surface area contributed by atoms with E-state index < -0.39 is 6.04 Å². The molecular weight excluding hydrogens is 446 g/mol. The third kappa shape index (κ3) is 5.89. The normalized spacial score (nSPS) is 15.0. The molecule has 1 aliphatic rings. The molecule has 1 N–H and O–H groups in total. The summed E-state index contributed by atoms with van der Waals surface area (Å²) in [4.78, 5) is 30.2. The minimum Gasteiger partial charge on any atom is -0.497 e. The Kier molecular flexibility index (Phi) is 8.06. The number of carbonyl (C=O) groups is 2. The number of thiophene rings is 1. The highest BCUT2D eigenvalue weighted by atomic mass is 32.1. The largest absolute Gasteiger partial charge is 0.497 e. The van der Waals surface area contributed by atoms with Crippen molar-refractivity contribution < 1.29 is 14.3 Å². The minimum atomic E-state index is -0.712. The molecule has 0 spiro atoms. The van der Waals surface area contributed by atoms with Gasteiger partial charge in [0.1, 0.15) is 5.75 Å². The second kappa shape index (κ2) is 11.4. The molecule has 0 bridgehead atoms. The van der Waals surface area contributed by atoms with Crippen LogP contribution >= 0.6 is 11.3 Å². The van der Waals surface area contributed by atoms with E-state index in [1.807, 2.05) is 71.7 Å². The predicted molar refractivity (Wildman–Crippen MR) is 135 cm³/mol. The lowest BCUT2D eigenvalue weighted by molar-refractivity contribution is -0.141. The minimum absolute atomic E-state index is 0.0664. The zero-order valence-corrected chi connectivity index (χ0v) is 20.7. The second-order valence-corrected chi connectivity index (χ2v) is 9.95. The lowest BCUT2D eigenvalue weighted by Crippen LogP contribution is -2.47. The van der Waals surface area contributed by atoms with Crippen LogP contribution in [0, 0.1) is 0 Å². The molecule has 1 saturated carbocycles. The van der Waals surface area contributed by atoms with Gasteiger partial charge in [0.15, 0.2) is 6.04 Å². The van der Waals surface area contributed by atoms with Gasteiger partial charge in [-0.3, -0.25) is 9.59 Å². The van der Waals surface area contributed by atoms with E-state index >= 15 is 0 Å². The van der Waals surface area contributed by atoms with E-state index in [-0.39, 0.29) is 24.3 Å². The lowest BCUT2D eigenvalue weighted by Gasteiger charge is -2.33. The number of ether oxygens (including phenoxy) is 1. The van der Waals surface area contributed by atoms with Gasteiger partial charge in [-0.2, -0.15) is 0 Å². The molecule has 0 aliphatic heterocycles. The van der Waals surface area contributed by atoms with Crippen LogP contribution in [0.5, 0.6) is 5.75 Å². The average Bonchev–Trinajstić information content (AvgIpc) is 3.51. The van der Waals surface area contributed by atoms with Crippen molar-refractivity contribution in [2.24, 2.45) is 7.05 Å². The molecule has 1 aliphatic carbocycles. The van der Waals surface area contributed by atoms with Crippen molar-refractivity contribution in [1.82, 2.24) is 14.8 Å². The van der Waals surface area contributed by atoms with Gasteiger partial charge in [0.05, 0.1) is 13.5 Å². The summed E-state index contributed by atoms with van der Waals surface area (Å²) in [6.45, 7) is 0.335. The smallest absolute Gasteiger partial charge is 0.249 e. The summed E-state index contributed by atoms with van der Waals surface area (Å²) in [6, 6.07) is 14.9. The van der Waals surface area contributed by atoms with Gasteiger partial charge in [0, 0.05) is 36.4 Å². The molecule has 2 heterocycles. The van der Waals surface area contributed by atoms with E-state index in [9.17, 15) is 9.59 Å². The van der Waals surface area contributed by atoms with Gasteiger partial charge in [-0.25, -0.2) is 0 Å². The maximum absolute atomic E-state index is 13.8. The number of rotatable bonds is 9. The van der Waals surface area contributed by atoms with E-state index in [1.165, 1.54) is 6.42 Å². The summed E-state index contributed by atoms with van der Waals surface area (Å²) in [6.07, 6.45) is 7.66. The third-order valence-corrected chi connectivity index (χ3v) is 7.39. The van der Waals surface area contributed by atoms with Crippen LogP contribution < -0.4 is 10.1 Å². The lowest BCUT2D eigenvalue weighted by atomic mass is 9.95. The van der Waals surface area contributed by atoms with Gasteiger partial charge in [-0.15, -0.1) is 11.3 Å². The average molecular weight is 480 g/mol. The highest BCUT2D eigenvalue weighted by Gasteiger charge is 2.34. The molecule has 1 fully saturated rings. The van der Waals surface area contributed by atoms with Crippen LogP contribution in [-0.4, -0.2) is 34.4 Å². The summed E-state index contributed by atoms with van der Waals surface area (Å²) in [5.74, 6) is 0.583. The maximum Gasteiger partial charge on any atom is 0.249 e. The summed E-state index contributed by atoms with van der Waals surface area (Å²) >= 11 is 1.56. The Balaban J connectivity index is 1.67. The van der Waals surface area contributed by atoms with E-state index in [4.69, 9.17) is 4.74 Å². The van der Waals surface area contributed by atoms with E-state index in [2.05, 4.69) is 5.32 Å². The number of carbonyl (C=O) groups excluding carboxylic acids is 2. The summed E-state index contributed by atoms with van der Waals surface area (Å²) in [5.41, 5.74) is 1.76. The number of aromatic nitrogens is 1. The molecular formula is C27H33N3O3S. The molecule has 7 heteroatoms. The molecule has 34 heavy (non-hydrogen) atoms. The third-order valence-electron chi connectivity index (χ3n) is 6.51. The zero-order valence-electron chi connectivity index (χ0n) is 19.9. The SMILES string of the molecule is COc1ccc(CN(C(=O)Cc2cccs2)[C@@H](C(=O)NC2CCCCC2)c2cccn2C)cc1. The molecule has 1 atom stereocenters. The first kappa shape index (κ1) is 24.1. The Labute approximate surface area is 205 Å². The highest BCUT2D eigenvalue weighted by molar-refractivity contribution is 7.10. The molecule has 4 rings (SSSR count). The van der Waals surface area contributed by atoms with Crippen LogP contribution in [0.2, 0.25) is 0 Å². The molecule has 2 amide bonds. The number of nitrogens with one attached hydrogen (secondary N) is 1. The number of nitrogens with zero attached hydrogens (tertiary/aromatic N) is 2. The van der Waals surface area contributed by atoms with Crippen LogP contribution in [0.15, 0.2) is 60.1 Å². The Hall–Kier alpha value is -3.06. The molecule has 180 valence electrons. The van der Waals surface area contributed by atoms with Crippen molar-refractivity contribution in [3.8, 4) is 5.75 Å². The van der Waals surface area contributed by atoms with Crippen LogP contribution in [0.25, 0.3) is 0 Å². The van der Waals surface area contributed by atoms with Crippen LogP contribution in [0.4, 0.5) is 0 Å². The quantitative estimate of drug-likeness (QED) is 0.477. The highest BCUT2D eigenvalue weighted by Crippen LogP contribution is 2.27. The molecule has 0 saturated heterocycles. The molecule has 0 radical (unpaired) electrons. The van der Waals surface area contributed by atoms with E-state index in [1.54, 1.807) is 23.3 Å². The Bertz CT molecular complexity index is 1070. The van der Waals surface area contributed by atoms with Crippen LogP contribution in [-0.2, 0) is 29.6 Å². The molecule has 2 aromatic heterocycles. The van der Waals surface area contributed by atoms with Crippen molar-refractivity contribution in [2.45, 2.75) is 57.2 Å². The summed E-state index contributed by atoms with van der Waals surface area (Å²) < 4.78 is 7.23. The number of aryl methyl sites for hydroxylation is 1. The van der Waals surface area contributed by atoms with Gasteiger partial charge in [-0.05, 0) is 54.1 Å². The van der Waals surface area contributed by atoms with Gasteiger partial charge in [0.25, 0.3) is 0 Å². The first-order chi connectivity index (χ1) is 16.5. The van der Waals surface area contributed by atoms with Crippen molar-refractivity contribution in [1.29, 1.82) is 0 Å². The van der Waals surface area contributed by atoms with Gasteiger partial charge >= 0.3 is 0 Å². The first-order valence-electron chi connectivity index (χ1n) is 11.9. The summed E-state index contributed by atoms with van der Waals surface area (Å²) in [5, 5.41) is 5.24. The number of methoxy groups -OCH3 is 1. The zero-order chi connectivity index (χ0) is 23.9. The predicted octanol–water partition coefficient (Wildman–Crippen LogP) is 4.86. The fraction of sp³-hybridized carbons (Fsp3) is 0.407. The molecule has 1 aromatic carbocycles. The van der Waals surface area contributed by atoms with Gasteiger partial charge < -0.3 is 19.5 Å². The number of hydrogen-bond donors (Lipinski definition) is 1. The maximum atomic E-state index is 13.8. The van der Waals surface area contributed by atoms with E-state index in [0.29, 0.717) is 6.54 Å². The van der Waals surface area contributed by atoms with Crippen molar-refractivity contribution in [3.05, 3.63) is 76.2 Å². The van der Waals surface area contributed by atoms with Crippen molar-refractivity contribution in [3.63, 3.8) is 0 Å². The molecule has 6 nitrogen and oxygen atoms in total. The fourth-order valence-electron chi connectivity index (χ4n) is 4.64. The van der Waals surface area contributed by atoms with Gasteiger partial charge in [-0.1, -0.05) is 37.5 Å². The van der Waals surface area contributed by atoms with Crippen LogP contribution in [0.1, 0.15) is 54.3 Å². The van der Waals surface area contributed by atoms with Crippen molar-refractivity contribution in [2.75, 3.05) is 7.11 Å². The number of benzene rings is 1. The van der Waals surface area contributed by atoms with Gasteiger partial charge in [0.2, 0.25) is 11.8 Å². The number of hydrogen-bond acceptors (Lipinski definition) is 4. The molecule has 0 unspecified atom stereocenters. The number of amides is 2. The first-order valence-corrected chi connectivity index (χ1v) is 12.8. The molecule has 3 aromatic rings. The van der Waals surface area contributed by atoms with Crippen molar-refractivity contribution >= 4 is 23.2 Å². The second-order valence-electron chi connectivity index (χ2n) is 8.92. The Morgan fingerprint density at radius 2 is 1.88 bits per heavy atom. The van der Waals surface area contributed by atoms with E-state index in [0.717, 1.165) is 47.6 Å².